The topological polar surface area (TPSA) is 92.1 Å². The number of benzene rings is 3. The zero-order valence-electron chi connectivity index (χ0n) is 25.5. The van der Waals surface area contributed by atoms with E-state index in [1.807, 2.05) is 67.1 Å². The minimum Gasteiger partial charge on any atom is -0.394 e. The van der Waals surface area contributed by atoms with Crippen LogP contribution in [-0.2, 0) is 34.6 Å². The van der Waals surface area contributed by atoms with Gasteiger partial charge in [0.05, 0.1) is 35.8 Å². The highest BCUT2D eigenvalue weighted by Crippen LogP contribution is 2.38. The standard InChI is InChI=1S/C33H36F3N3O5S/c1-21-17-39(22(2)19-40)32(41)31-30(27-11-7-8-12-28(27)38(31)4)26-10-6-5-9-23(26)20-44-29(21)18-37(3)45(42,43)25-15-13-24(14-16-25)33(34,35)36/h5-16,21-22,29,40H,17-20H2,1-4H3/t21-,22+,29-/m1/s1. The lowest BCUT2D eigenvalue weighted by atomic mass is 9.96. The van der Waals surface area contributed by atoms with Gasteiger partial charge in [0.15, 0.2) is 0 Å². The third-order valence-corrected chi connectivity index (χ3v) is 10.4. The van der Waals surface area contributed by atoms with Crippen LogP contribution in [0.25, 0.3) is 22.0 Å². The van der Waals surface area contributed by atoms with E-state index in [2.05, 4.69) is 0 Å². The van der Waals surface area contributed by atoms with Crippen LogP contribution in [0.1, 0.15) is 35.5 Å². The van der Waals surface area contributed by atoms with Crippen LogP contribution in [0.2, 0.25) is 0 Å². The number of halogens is 3. The molecule has 0 saturated heterocycles. The summed E-state index contributed by atoms with van der Waals surface area (Å²) < 4.78 is 75.5. The van der Waals surface area contributed by atoms with E-state index < -0.39 is 39.8 Å². The molecule has 0 radical (unpaired) electrons. The molecule has 0 spiro atoms. The molecule has 1 aliphatic rings. The zero-order chi connectivity index (χ0) is 32.7. The number of alkyl halides is 3. The predicted molar refractivity (Wildman–Crippen MR) is 165 cm³/mol. The van der Waals surface area contributed by atoms with Gasteiger partial charge in [0.25, 0.3) is 5.91 Å². The number of aryl methyl sites for hydroxylation is 1. The smallest absolute Gasteiger partial charge is 0.394 e. The highest BCUT2D eigenvalue weighted by molar-refractivity contribution is 7.89. The lowest BCUT2D eigenvalue weighted by molar-refractivity contribution is -0.137. The molecule has 1 N–H and O–H groups in total. The number of likely N-dealkylation sites (N-methyl/N-ethyl adjacent to an activating group) is 1. The number of aliphatic hydroxyl groups excluding tert-OH is 1. The number of nitrogens with zero attached hydrogens (tertiary/aromatic N) is 3. The first-order chi connectivity index (χ1) is 21.3. The number of rotatable bonds is 6. The lowest BCUT2D eigenvalue weighted by Gasteiger charge is -2.35. The van der Waals surface area contributed by atoms with Crippen molar-refractivity contribution < 1.29 is 36.2 Å². The largest absolute Gasteiger partial charge is 0.416 e. The second-order valence-corrected chi connectivity index (χ2v) is 13.6. The Morgan fingerprint density at radius 2 is 1.69 bits per heavy atom. The maximum Gasteiger partial charge on any atom is 0.416 e. The first kappa shape index (κ1) is 32.7. The van der Waals surface area contributed by atoms with Gasteiger partial charge in [-0.1, -0.05) is 49.4 Å². The molecule has 1 aliphatic heterocycles. The van der Waals surface area contributed by atoms with Crippen LogP contribution in [0, 0.1) is 5.92 Å². The van der Waals surface area contributed by atoms with E-state index in [0.717, 1.165) is 56.2 Å². The highest BCUT2D eigenvalue weighted by Gasteiger charge is 2.35. The van der Waals surface area contributed by atoms with Crippen molar-refractivity contribution in [2.75, 3.05) is 26.7 Å². The molecule has 4 aromatic rings. The monoisotopic (exact) mass is 643 g/mol. The number of para-hydroxylation sites is 1. The summed E-state index contributed by atoms with van der Waals surface area (Å²) in [5.74, 6) is -0.685. The quantitative estimate of drug-likeness (QED) is 0.298. The normalized spacial score (nSPS) is 18.9. The minimum absolute atomic E-state index is 0.117. The first-order valence-electron chi connectivity index (χ1n) is 14.6. The molecule has 1 amide bonds. The van der Waals surface area contributed by atoms with Gasteiger partial charge in [0.2, 0.25) is 10.0 Å². The second kappa shape index (κ2) is 12.6. The van der Waals surface area contributed by atoms with Gasteiger partial charge in [-0.3, -0.25) is 4.79 Å². The van der Waals surface area contributed by atoms with Crippen LogP contribution in [-0.4, -0.2) is 72.1 Å². The Hall–Kier alpha value is -3.71. The summed E-state index contributed by atoms with van der Waals surface area (Å²) in [6.07, 6.45) is -5.31. The fourth-order valence-corrected chi connectivity index (χ4v) is 7.06. The summed E-state index contributed by atoms with van der Waals surface area (Å²) in [5, 5.41) is 11.1. The molecule has 0 fully saturated rings. The Morgan fingerprint density at radius 1 is 1.04 bits per heavy atom. The maximum atomic E-state index is 14.5. The summed E-state index contributed by atoms with van der Waals surface area (Å²) in [4.78, 5) is 15.8. The lowest BCUT2D eigenvalue weighted by Crippen LogP contribution is -2.48. The summed E-state index contributed by atoms with van der Waals surface area (Å²) in [7, 11) is -0.986. The maximum absolute atomic E-state index is 14.5. The first-order valence-corrected chi connectivity index (χ1v) is 16.0. The number of aromatic nitrogens is 1. The van der Waals surface area contributed by atoms with E-state index >= 15 is 0 Å². The number of fused-ring (bicyclic) bond motifs is 5. The summed E-state index contributed by atoms with van der Waals surface area (Å²) in [5.41, 5.74) is 2.75. The second-order valence-electron chi connectivity index (χ2n) is 11.6. The van der Waals surface area contributed by atoms with E-state index in [-0.39, 0.29) is 37.1 Å². The zero-order valence-corrected chi connectivity index (χ0v) is 26.3. The van der Waals surface area contributed by atoms with Gasteiger partial charge in [0.1, 0.15) is 5.69 Å². The van der Waals surface area contributed by atoms with Gasteiger partial charge in [-0.2, -0.15) is 17.5 Å². The van der Waals surface area contributed by atoms with Crippen molar-refractivity contribution in [2.45, 2.75) is 43.7 Å². The van der Waals surface area contributed by atoms with Crippen LogP contribution >= 0.6 is 0 Å². The van der Waals surface area contributed by atoms with E-state index in [0.29, 0.717) is 5.69 Å². The Morgan fingerprint density at radius 3 is 2.36 bits per heavy atom. The van der Waals surface area contributed by atoms with Crippen LogP contribution < -0.4 is 0 Å². The van der Waals surface area contributed by atoms with Gasteiger partial charge in [-0.25, -0.2) is 8.42 Å². The number of amides is 1. The molecule has 0 unspecified atom stereocenters. The van der Waals surface area contributed by atoms with Crippen LogP contribution in [0.15, 0.2) is 77.7 Å². The summed E-state index contributed by atoms with van der Waals surface area (Å²) in [6.45, 7) is 3.44. The Balaban J connectivity index is 1.56. The van der Waals surface area contributed by atoms with Crippen LogP contribution in [0.4, 0.5) is 13.2 Å². The average molecular weight is 644 g/mol. The number of aliphatic hydroxyl groups is 1. The van der Waals surface area contributed by atoms with Gasteiger partial charge in [-0.15, -0.1) is 0 Å². The third kappa shape index (κ3) is 6.24. The number of hydrogen-bond acceptors (Lipinski definition) is 5. The number of hydrogen-bond donors (Lipinski definition) is 1. The molecule has 5 rings (SSSR count). The van der Waals surface area contributed by atoms with Crippen molar-refractivity contribution in [1.29, 1.82) is 0 Å². The molecule has 0 bridgehead atoms. The fourth-order valence-electron chi connectivity index (χ4n) is 5.87. The Bertz CT molecular complexity index is 1800. The van der Waals surface area contributed by atoms with E-state index in [1.165, 1.54) is 7.05 Å². The molecule has 3 aromatic carbocycles. The third-order valence-electron chi connectivity index (χ3n) is 8.55. The van der Waals surface area contributed by atoms with Gasteiger partial charge in [-0.05, 0) is 48.4 Å². The molecule has 45 heavy (non-hydrogen) atoms. The van der Waals surface area contributed by atoms with Crippen molar-refractivity contribution in [1.82, 2.24) is 13.8 Å². The van der Waals surface area contributed by atoms with Crippen molar-refractivity contribution in [2.24, 2.45) is 13.0 Å². The molecule has 3 atom stereocenters. The Labute approximate surface area is 260 Å². The molecule has 240 valence electrons. The molecule has 2 heterocycles. The summed E-state index contributed by atoms with van der Waals surface area (Å²) in [6, 6.07) is 18.1. The van der Waals surface area contributed by atoms with Crippen LogP contribution in [0.3, 0.4) is 0 Å². The predicted octanol–water partition coefficient (Wildman–Crippen LogP) is 5.54. The highest BCUT2D eigenvalue weighted by atomic mass is 32.2. The van der Waals surface area contributed by atoms with Crippen molar-refractivity contribution >= 4 is 26.8 Å². The number of sulfonamides is 1. The molecule has 0 aliphatic carbocycles. The van der Waals surface area contributed by atoms with Gasteiger partial charge in [0, 0.05) is 49.6 Å². The minimum atomic E-state index is -4.59. The molecule has 0 saturated carbocycles. The Kier molecular flexibility index (Phi) is 9.14. The fraction of sp³-hybridized carbons (Fsp3) is 0.364. The van der Waals surface area contributed by atoms with Crippen molar-refractivity contribution in [3.63, 3.8) is 0 Å². The van der Waals surface area contributed by atoms with E-state index in [1.54, 1.807) is 11.8 Å². The molecule has 12 heteroatoms. The average Bonchev–Trinajstić information content (AvgIpc) is 3.31. The summed E-state index contributed by atoms with van der Waals surface area (Å²) >= 11 is 0. The molecular formula is C33H36F3N3O5S. The van der Waals surface area contributed by atoms with E-state index in [4.69, 9.17) is 4.74 Å². The van der Waals surface area contributed by atoms with Gasteiger partial charge >= 0.3 is 6.18 Å². The SMILES string of the molecule is C[C@@H]1CN([C@@H](C)CO)C(=O)c2c(c3ccccc3n2C)-c2ccccc2CO[C@@H]1CN(C)S(=O)(=O)c1ccc(C(F)(F)F)cc1. The number of ether oxygens (including phenoxy) is 1. The van der Waals surface area contributed by atoms with Crippen LogP contribution in [0.5, 0.6) is 0 Å². The number of carbonyl (C=O) groups is 1. The number of carbonyl (C=O) groups excluding carboxylic acids is 1. The van der Waals surface area contributed by atoms with Crippen molar-refractivity contribution in [3.8, 4) is 11.1 Å². The van der Waals surface area contributed by atoms with Gasteiger partial charge < -0.3 is 19.3 Å². The molecule has 1 aromatic heterocycles. The molecule has 8 nitrogen and oxygen atoms in total. The van der Waals surface area contributed by atoms with Crippen molar-refractivity contribution in [3.05, 3.63) is 89.6 Å². The van der Waals surface area contributed by atoms with E-state index in [9.17, 15) is 31.5 Å². The molecular weight excluding hydrogens is 607 g/mol.